The Balaban J connectivity index is 2.83. The second-order valence-corrected chi connectivity index (χ2v) is 5.02. The van der Waals surface area contributed by atoms with Gasteiger partial charge in [0, 0.05) is 5.02 Å². The average molecular weight is 230 g/mol. The van der Waals surface area contributed by atoms with E-state index in [0.717, 1.165) is 18.4 Å². The van der Waals surface area contributed by atoms with Crippen LogP contribution in [0.25, 0.3) is 0 Å². The Morgan fingerprint density at radius 1 is 1.40 bits per heavy atom. The van der Waals surface area contributed by atoms with Crippen LogP contribution in [0, 0.1) is 11.2 Å². The molecule has 84 valence electrons. The monoisotopic (exact) mass is 229 g/mol. The summed E-state index contributed by atoms with van der Waals surface area (Å²) in [4.78, 5) is 0. The maximum absolute atomic E-state index is 13.0. The van der Waals surface area contributed by atoms with Crippen LogP contribution in [0.15, 0.2) is 18.2 Å². The predicted molar refractivity (Wildman–Crippen MR) is 62.6 cm³/mol. The normalized spacial score (nSPS) is 11.8. The van der Waals surface area contributed by atoms with Crippen LogP contribution in [0.4, 0.5) is 4.39 Å². The van der Waals surface area contributed by atoms with Crippen molar-refractivity contribution >= 4 is 11.6 Å². The molecule has 0 bridgehead atoms. The molecule has 0 saturated heterocycles. The van der Waals surface area contributed by atoms with Crippen molar-refractivity contribution in [1.29, 1.82) is 0 Å². The summed E-state index contributed by atoms with van der Waals surface area (Å²) < 4.78 is 13.0. The molecule has 1 rings (SSSR count). The van der Waals surface area contributed by atoms with Gasteiger partial charge in [0.25, 0.3) is 0 Å². The fraction of sp³-hybridized carbons (Fsp3) is 0.500. The molecular weight excluding hydrogens is 213 g/mol. The van der Waals surface area contributed by atoms with E-state index in [0.29, 0.717) is 11.6 Å². The topological polar surface area (TPSA) is 26.0 Å². The van der Waals surface area contributed by atoms with Gasteiger partial charge >= 0.3 is 0 Å². The first kappa shape index (κ1) is 12.5. The van der Waals surface area contributed by atoms with E-state index in [4.69, 9.17) is 17.3 Å². The maximum atomic E-state index is 13.0. The van der Waals surface area contributed by atoms with Crippen LogP contribution in [0.2, 0.25) is 5.02 Å². The van der Waals surface area contributed by atoms with E-state index in [1.807, 2.05) is 0 Å². The lowest BCUT2D eigenvalue weighted by Crippen LogP contribution is -2.20. The van der Waals surface area contributed by atoms with Gasteiger partial charge in [-0.15, -0.1) is 0 Å². The molecule has 0 aromatic heterocycles. The molecule has 0 radical (unpaired) electrons. The van der Waals surface area contributed by atoms with Gasteiger partial charge in [0.05, 0.1) is 0 Å². The van der Waals surface area contributed by atoms with Crippen LogP contribution >= 0.6 is 11.6 Å². The first-order valence-electron chi connectivity index (χ1n) is 5.08. The minimum absolute atomic E-state index is 0.0617. The van der Waals surface area contributed by atoms with Crippen molar-refractivity contribution in [2.24, 2.45) is 11.1 Å². The summed E-state index contributed by atoms with van der Waals surface area (Å²) >= 11 is 6.00. The SMILES string of the molecule is CC(C)(CCN)Cc1cc(F)ccc1Cl. The fourth-order valence-corrected chi connectivity index (χ4v) is 1.86. The lowest BCUT2D eigenvalue weighted by atomic mass is 9.83. The van der Waals surface area contributed by atoms with E-state index in [2.05, 4.69) is 13.8 Å². The first-order chi connectivity index (χ1) is 6.94. The molecule has 0 fully saturated rings. The number of halogens is 2. The van der Waals surface area contributed by atoms with E-state index in [-0.39, 0.29) is 11.2 Å². The van der Waals surface area contributed by atoms with Crippen LogP contribution in [-0.4, -0.2) is 6.54 Å². The van der Waals surface area contributed by atoms with Crippen LogP contribution in [0.5, 0.6) is 0 Å². The zero-order valence-corrected chi connectivity index (χ0v) is 9.94. The zero-order chi connectivity index (χ0) is 11.5. The Morgan fingerprint density at radius 3 is 2.67 bits per heavy atom. The van der Waals surface area contributed by atoms with Crippen molar-refractivity contribution in [3.8, 4) is 0 Å². The van der Waals surface area contributed by atoms with E-state index in [1.54, 1.807) is 6.07 Å². The molecule has 1 aromatic rings. The number of hydrogen-bond donors (Lipinski definition) is 1. The molecule has 0 amide bonds. The van der Waals surface area contributed by atoms with Gasteiger partial charge in [-0.25, -0.2) is 4.39 Å². The van der Waals surface area contributed by atoms with Gasteiger partial charge in [-0.1, -0.05) is 25.4 Å². The molecule has 3 heteroatoms. The summed E-state index contributed by atoms with van der Waals surface area (Å²) in [7, 11) is 0. The second-order valence-electron chi connectivity index (χ2n) is 4.62. The summed E-state index contributed by atoms with van der Waals surface area (Å²) in [5.74, 6) is -0.238. The van der Waals surface area contributed by atoms with Crippen molar-refractivity contribution in [3.05, 3.63) is 34.6 Å². The molecule has 0 saturated carbocycles. The van der Waals surface area contributed by atoms with Crippen molar-refractivity contribution in [2.45, 2.75) is 26.7 Å². The van der Waals surface area contributed by atoms with Crippen molar-refractivity contribution < 1.29 is 4.39 Å². The van der Waals surface area contributed by atoms with E-state index < -0.39 is 0 Å². The molecule has 2 N–H and O–H groups in total. The highest BCUT2D eigenvalue weighted by atomic mass is 35.5. The van der Waals surface area contributed by atoms with Crippen LogP contribution in [-0.2, 0) is 6.42 Å². The Morgan fingerprint density at radius 2 is 2.07 bits per heavy atom. The molecule has 1 aromatic carbocycles. The number of nitrogens with two attached hydrogens (primary N) is 1. The highest BCUT2D eigenvalue weighted by molar-refractivity contribution is 6.31. The molecule has 0 unspecified atom stereocenters. The predicted octanol–water partition coefficient (Wildman–Crippen LogP) is 3.40. The molecular formula is C12H17ClFN. The van der Waals surface area contributed by atoms with Crippen molar-refractivity contribution in [1.82, 2.24) is 0 Å². The van der Waals surface area contributed by atoms with Crippen LogP contribution < -0.4 is 5.73 Å². The van der Waals surface area contributed by atoms with Gasteiger partial charge in [-0.2, -0.15) is 0 Å². The summed E-state index contributed by atoms with van der Waals surface area (Å²) in [5.41, 5.74) is 6.45. The minimum atomic E-state index is -0.238. The van der Waals surface area contributed by atoms with Gasteiger partial charge in [0.1, 0.15) is 5.82 Å². The summed E-state index contributed by atoms with van der Waals surface area (Å²) in [6, 6.07) is 4.48. The number of hydrogen-bond acceptors (Lipinski definition) is 1. The average Bonchev–Trinajstić information content (AvgIpc) is 2.10. The highest BCUT2D eigenvalue weighted by Gasteiger charge is 2.19. The van der Waals surface area contributed by atoms with Gasteiger partial charge in [-0.3, -0.25) is 0 Å². The third-order valence-electron chi connectivity index (χ3n) is 2.50. The van der Waals surface area contributed by atoms with Crippen LogP contribution in [0.3, 0.4) is 0 Å². The first-order valence-corrected chi connectivity index (χ1v) is 5.46. The maximum Gasteiger partial charge on any atom is 0.123 e. The molecule has 0 aliphatic heterocycles. The Bertz CT molecular complexity index is 336. The van der Waals surface area contributed by atoms with E-state index >= 15 is 0 Å². The Labute approximate surface area is 95.4 Å². The van der Waals surface area contributed by atoms with Gasteiger partial charge in [-0.05, 0) is 48.6 Å². The molecule has 0 aliphatic carbocycles. The Kier molecular flexibility index (Phi) is 4.12. The van der Waals surface area contributed by atoms with Gasteiger partial charge < -0.3 is 5.73 Å². The fourth-order valence-electron chi connectivity index (χ4n) is 1.67. The number of rotatable bonds is 4. The third-order valence-corrected chi connectivity index (χ3v) is 2.87. The quantitative estimate of drug-likeness (QED) is 0.842. The van der Waals surface area contributed by atoms with Crippen molar-refractivity contribution in [2.75, 3.05) is 6.54 Å². The van der Waals surface area contributed by atoms with Gasteiger partial charge in [0.2, 0.25) is 0 Å². The molecule has 0 heterocycles. The second kappa shape index (κ2) is 4.95. The zero-order valence-electron chi connectivity index (χ0n) is 9.19. The van der Waals surface area contributed by atoms with Gasteiger partial charge in [0.15, 0.2) is 0 Å². The molecule has 15 heavy (non-hydrogen) atoms. The largest absolute Gasteiger partial charge is 0.330 e. The Hall–Kier alpha value is -0.600. The van der Waals surface area contributed by atoms with E-state index in [9.17, 15) is 4.39 Å². The summed E-state index contributed by atoms with van der Waals surface area (Å²) in [6.45, 7) is 4.86. The smallest absolute Gasteiger partial charge is 0.123 e. The van der Waals surface area contributed by atoms with E-state index in [1.165, 1.54) is 12.1 Å². The summed E-state index contributed by atoms with van der Waals surface area (Å²) in [6.07, 6.45) is 1.65. The van der Waals surface area contributed by atoms with Crippen molar-refractivity contribution in [3.63, 3.8) is 0 Å². The standard InChI is InChI=1S/C12H17ClFN/c1-12(2,5-6-15)8-9-7-10(14)3-4-11(9)13/h3-4,7H,5-6,8,15H2,1-2H3. The highest BCUT2D eigenvalue weighted by Crippen LogP contribution is 2.29. The lowest BCUT2D eigenvalue weighted by Gasteiger charge is -2.24. The van der Waals surface area contributed by atoms with Crippen LogP contribution in [0.1, 0.15) is 25.8 Å². The summed E-state index contributed by atoms with van der Waals surface area (Å²) in [5, 5.41) is 0.626. The molecule has 0 atom stereocenters. The lowest BCUT2D eigenvalue weighted by molar-refractivity contribution is 0.338. The molecule has 0 aliphatic rings. The molecule has 1 nitrogen and oxygen atoms in total. The molecule has 0 spiro atoms. The number of benzene rings is 1. The third kappa shape index (κ3) is 3.80. The minimum Gasteiger partial charge on any atom is -0.330 e.